The van der Waals surface area contributed by atoms with Gasteiger partial charge in [0.1, 0.15) is 23.4 Å². The van der Waals surface area contributed by atoms with Gasteiger partial charge in [-0.2, -0.15) is 0 Å². The van der Waals surface area contributed by atoms with Crippen molar-refractivity contribution < 1.29 is 44.2 Å². The average Bonchev–Trinajstić information content (AvgIpc) is 3.75. The van der Waals surface area contributed by atoms with E-state index in [0.29, 0.717) is 12.2 Å². The highest BCUT2D eigenvalue weighted by atomic mass is 16.6. The maximum atomic E-state index is 13.5. The minimum Gasteiger partial charge on any atom is -0.455 e. The summed E-state index contributed by atoms with van der Waals surface area (Å²) >= 11 is 0. The monoisotopic (exact) mass is 556 g/mol. The van der Waals surface area contributed by atoms with Crippen molar-refractivity contribution in [2.24, 2.45) is 35.0 Å². The molecule has 0 amide bonds. The van der Waals surface area contributed by atoms with E-state index in [2.05, 4.69) is 13.8 Å². The molecular formula is C31H40O9. The van der Waals surface area contributed by atoms with Crippen LogP contribution >= 0.6 is 0 Å². The summed E-state index contributed by atoms with van der Waals surface area (Å²) in [7, 11) is 0. The molecule has 1 heterocycles. The van der Waals surface area contributed by atoms with E-state index in [1.807, 2.05) is 13.8 Å². The predicted octanol–water partition coefficient (Wildman–Crippen LogP) is 1.66. The first-order valence-corrected chi connectivity index (χ1v) is 14.3. The van der Waals surface area contributed by atoms with Crippen molar-refractivity contribution in [3.05, 3.63) is 48.0 Å². The Morgan fingerprint density at radius 3 is 2.48 bits per heavy atom. The Morgan fingerprint density at radius 1 is 1.18 bits per heavy atom. The number of rotatable bonds is 7. The van der Waals surface area contributed by atoms with E-state index >= 15 is 0 Å². The van der Waals surface area contributed by atoms with Crippen LogP contribution in [0.25, 0.3) is 0 Å². The van der Waals surface area contributed by atoms with Crippen LogP contribution in [0.3, 0.4) is 0 Å². The Bertz CT molecular complexity index is 1250. The standard InChI is InChI=1S/C31H40O9/c1-6-16(2)14-38-31-22(27(31,4)5)21-24-28(15-32,40-24)26(35)30(37)19(12-13-20(30)33)29(21,36)17(3)23(31)39-25(34)18-10-8-7-9-11-18/h7-13,16-17,19,21-24,26,32,35-37H,6,14-15H2,1-5H3/t16-,17+,19-,21+,22+,23+,24-,26?,28-,29-,30+,31+/m0/s1. The molecule has 12 atom stereocenters. The number of aliphatic hydroxyl groups is 4. The van der Waals surface area contributed by atoms with Crippen LogP contribution in [0.15, 0.2) is 42.5 Å². The number of epoxide rings is 1. The predicted molar refractivity (Wildman–Crippen MR) is 142 cm³/mol. The maximum absolute atomic E-state index is 13.5. The van der Waals surface area contributed by atoms with E-state index in [1.54, 1.807) is 37.3 Å². The van der Waals surface area contributed by atoms with Crippen molar-refractivity contribution in [1.82, 2.24) is 0 Å². The molecule has 5 aliphatic rings. The summed E-state index contributed by atoms with van der Waals surface area (Å²) in [4.78, 5) is 26.6. The number of ketones is 1. The van der Waals surface area contributed by atoms with Gasteiger partial charge in [0.15, 0.2) is 11.4 Å². The summed E-state index contributed by atoms with van der Waals surface area (Å²) < 4.78 is 19.1. The fourth-order valence-corrected chi connectivity index (χ4v) is 8.67. The third kappa shape index (κ3) is 3.14. The topological polar surface area (TPSA) is 146 Å². The van der Waals surface area contributed by atoms with Crippen LogP contribution in [0.5, 0.6) is 0 Å². The molecule has 0 radical (unpaired) electrons. The first-order valence-electron chi connectivity index (χ1n) is 14.3. The molecular weight excluding hydrogens is 516 g/mol. The van der Waals surface area contributed by atoms with Crippen LogP contribution < -0.4 is 0 Å². The average molecular weight is 557 g/mol. The smallest absolute Gasteiger partial charge is 0.338 e. The highest BCUT2D eigenvalue weighted by Gasteiger charge is 2.92. The quantitative estimate of drug-likeness (QED) is 0.291. The SMILES string of the molecule is CC[C@H](C)CO[C@@]12[C@H](OC(=O)c3ccccc3)[C@@H](C)[C@@]3(O)[C@H]([C@@H]1C2(C)C)[C@@H]1O[C@]1(CO)C(O)[C@]1(O)C(=O)C=C[C@@H]31. The van der Waals surface area contributed by atoms with Gasteiger partial charge in [-0.1, -0.05) is 65.3 Å². The maximum Gasteiger partial charge on any atom is 0.338 e. The van der Waals surface area contributed by atoms with E-state index in [9.17, 15) is 30.0 Å². The summed E-state index contributed by atoms with van der Waals surface area (Å²) in [6.45, 7) is 9.66. The molecule has 1 saturated heterocycles. The lowest BCUT2D eigenvalue weighted by Crippen LogP contribution is -2.68. The lowest BCUT2D eigenvalue weighted by molar-refractivity contribution is -0.241. The van der Waals surface area contributed by atoms with Gasteiger partial charge in [0.25, 0.3) is 0 Å². The second kappa shape index (κ2) is 8.69. The number of fused-ring (bicyclic) bond motifs is 7. The van der Waals surface area contributed by atoms with Crippen LogP contribution in [0.4, 0.5) is 0 Å². The number of hydrogen-bond acceptors (Lipinski definition) is 9. The Morgan fingerprint density at radius 2 is 1.85 bits per heavy atom. The number of carbonyl (C=O) groups is 2. The van der Waals surface area contributed by atoms with E-state index in [0.717, 1.165) is 6.42 Å². The molecule has 0 spiro atoms. The van der Waals surface area contributed by atoms with Crippen molar-refractivity contribution in [2.45, 2.75) is 81.8 Å². The van der Waals surface area contributed by atoms with Crippen molar-refractivity contribution in [3.8, 4) is 0 Å². The molecule has 9 heteroatoms. The Kier molecular flexibility index (Phi) is 6.08. The molecule has 40 heavy (non-hydrogen) atoms. The minimum atomic E-state index is -2.42. The van der Waals surface area contributed by atoms with Gasteiger partial charge in [0.05, 0.1) is 30.5 Å². The van der Waals surface area contributed by atoms with Gasteiger partial charge in [-0.05, 0) is 24.1 Å². The molecule has 3 saturated carbocycles. The summed E-state index contributed by atoms with van der Waals surface area (Å²) in [5.74, 6) is -4.35. The van der Waals surface area contributed by atoms with Gasteiger partial charge in [-0.3, -0.25) is 4.79 Å². The second-order valence-corrected chi connectivity index (χ2v) is 13.3. The zero-order valence-corrected chi connectivity index (χ0v) is 23.6. The summed E-state index contributed by atoms with van der Waals surface area (Å²) in [5.41, 5.74) is -7.16. The molecule has 9 nitrogen and oxygen atoms in total. The van der Waals surface area contributed by atoms with E-state index in [4.69, 9.17) is 14.2 Å². The van der Waals surface area contributed by atoms with Gasteiger partial charge in [0.2, 0.25) is 0 Å². The Labute approximate surface area is 234 Å². The third-order valence-corrected chi connectivity index (χ3v) is 11.2. The van der Waals surface area contributed by atoms with Gasteiger partial charge in [-0.15, -0.1) is 0 Å². The van der Waals surface area contributed by atoms with Crippen LogP contribution in [0.1, 0.15) is 51.4 Å². The van der Waals surface area contributed by atoms with Crippen LogP contribution in [0, 0.1) is 35.0 Å². The summed E-state index contributed by atoms with van der Waals surface area (Å²) in [5, 5.41) is 46.6. The molecule has 0 aromatic heterocycles. The van der Waals surface area contributed by atoms with E-state index in [-0.39, 0.29) is 5.92 Å². The lowest BCUT2D eigenvalue weighted by Gasteiger charge is -2.54. The normalized spacial score (nSPS) is 48.2. The zero-order valence-electron chi connectivity index (χ0n) is 23.6. The van der Waals surface area contributed by atoms with Crippen LogP contribution in [0.2, 0.25) is 0 Å². The molecule has 4 fully saturated rings. The van der Waals surface area contributed by atoms with Gasteiger partial charge < -0.3 is 34.6 Å². The highest BCUT2D eigenvalue weighted by molar-refractivity contribution is 6.01. The van der Waals surface area contributed by atoms with Crippen molar-refractivity contribution in [2.75, 3.05) is 13.2 Å². The summed E-state index contributed by atoms with van der Waals surface area (Å²) in [6, 6.07) is 8.59. The molecule has 0 bridgehead atoms. The fourth-order valence-electron chi connectivity index (χ4n) is 8.67. The van der Waals surface area contributed by atoms with Crippen LogP contribution in [-0.4, -0.2) is 86.1 Å². The van der Waals surface area contributed by atoms with Gasteiger partial charge in [0, 0.05) is 29.1 Å². The molecule has 1 aromatic carbocycles. The third-order valence-electron chi connectivity index (χ3n) is 11.2. The van der Waals surface area contributed by atoms with Gasteiger partial charge >= 0.3 is 5.97 Å². The van der Waals surface area contributed by atoms with Gasteiger partial charge in [-0.25, -0.2) is 4.79 Å². The summed E-state index contributed by atoms with van der Waals surface area (Å²) in [6.07, 6.45) is -0.0633. The molecule has 1 aliphatic heterocycles. The van der Waals surface area contributed by atoms with Crippen molar-refractivity contribution in [3.63, 3.8) is 0 Å². The molecule has 1 unspecified atom stereocenters. The fraction of sp³-hybridized carbons (Fsp3) is 0.677. The number of aliphatic hydroxyl groups excluding tert-OH is 2. The Balaban J connectivity index is 1.51. The first-order chi connectivity index (χ1) is 18.8. The zero-order chi connectivity index (χ0) is 29.0. The second-order valence-electron chi connectivity index (χ2n) is 13.3. The largest absolute Gasteiger partial charge is 0.455 e. The minimum absolute atomic E-state index is 0.221. The molecule has 4 N–H and O–H groups in total. The number of carbonyl (C=O) groups excluding carboxylic acids is 2. The number of esters is 1. The van der Waals surface area contributed by atoms with E-state index < -0.39 is 88.2 Å². The van der Waals surface area contributed by atoms with E-state index in [1.165, 1.54) is 12.2 Å². The number of benzene rings is 1. The molecule has 1 aromatic rings. The molecule has 218 valence electrons. The highest BCUT2D eigenvalue weighted by Crippen LogP contribution is 2.79. The molecule has 4 aliphatic carbocycles. The van der Waals surface area contributed by atoms with Crippen molar-refractivity contribution in [1.29, 1.82) is 0 Å². The lowest BCUT2D eigenvalue weighted by atomic mass is 9.58. The van der Waals surface area contributed by atoms with Crippen molar-refractivity contribution >= 4 is 11.8 Å². The van der Waals surface area contributed by atoms with Crippen LogP contribution in [-0.2, 0) is 19.0 Å². The number of hydrogen-bond donors (Lipinski definition) is 4. The Hall–Kier alpha value is -2.14. The molecule has 6 rings (SSSR count). The number of ether oxygens (including phenoxy) is 3. The first kappa shape index (κ1) is 28.0.